The van der Waals surface area contributed by atoms with Crippen molar-refractivity contribution in [2.45, 2.75) is 27.7 Å². The van der Waals surface area contributed by atoms with E-state index in [2.05, 4.69) is 43.0 Å². The summed E-state index contributed by atoms with van der Waals surface area (Å²) in [6.07, 6.45) is 1.46. The Morgan fingerprint density at radius 2 is 1.89 bits per heavy atom. The number of hydrogen-bond donors (Lipinski definition) is 2. The van der Waals surface area contributed by atoms with E-state index in [0.717, 1.165) is 6.54 Å². The molecule has 5 heteroatoms. The lowest BCUT2D eigenvalue weighted by Gasteiger charge is -2.10. The van der Waals surface area contributed by atoms with Crippen LogP contribution in [0.3, 0.4) is 0 Å². The smallest absolute Gasteiger partial charge is 0.242 e. The van der Waals surface area contributed by atoms with Crippen LogP contribution in [0.4, 0.5) is 11.5 Å². The Hall–Kier alpha value is -1.52. The lowest BCUT2D eigenvalue weighted by Crippen LogP contribution is -2.12. The second-order valence-corrected chi connectivity index (χ2v) is 6.02. The molecular formula is C13H22N4O. The van der Waals surface area contributed by atoms with Crippen molar-refractivity contribution in [3.05, 3.63) is 6.33 Å². The van der Waals surface area contributed by atoms with Gasteiger partial charge in [-0.1, -0.05) is 27.7 Å². The van der Waals surface area contributed by atoms with Gasteiger partial charge >= 0.3 is 0 Å². The predicted molar refractivity (Wildman–Crippen MR) is 72.5 cm³/mol. The number of nitrogen functional groups attached to an aromatic ring is 1. The number of nitrogens with two attached hydrogens (primary N) is 1. The molecule has 18 heavy (non-hydrogen) atoms. The van der Waals surface area contributed by atoms with Gasteiger partial charge in [0.25, 0.3) is 0 Å². The summed E-state index contributed by atoms with van der Waals surface area (Å²) in [4.78, 5) is 8.11. The molecule has 1 aliphatic rings. The van der Waals surface area contributed by atoms with Crippen LogP contribution in [-0.2, 0) is 0 Å². The summed E-state index contributed by atoms with van der Waals surface area (Å²) in [5.74, 6) is 1.69. The lowest BCUT2D eigenvalue weighted by atomic mass is 10.0. The number of hydrogen-bond acceptors (Lipinski definition) is 5. The molecule has 3 N–H and O–H groups in total. The molecule has 2 rings (SSSR count). The summed E-state index contributed by atoms with van der Waals surface area (Å²) < 4.78 is 5.07. The highest BCUT2D eigenvalue weighted by atomic mass is 16.5. The molecule has 0 spiro atoms. The highest BCUT2D eigenvalue weighted by molar-refractivity contribution is 5.66. The minimum atomic E-state index is 0.353. The Balaban J connectivity index is 2.05. The summed E-state index contributed by atoms with van der Waals surface area (Å²) in [5.41, 5.74) is 7.10. The van der Waals surface area contributed by atoms with Crippen molar-refractivity contribution >= 4 is 11.5 Å². The molecule has 0 saturated heterocycles. The zero-order chi connectivity index (χ0) is 13.6. The van der Waals surface area contributed by atoms with Gasteiger partial charge in [-0.3, -0.25) is 0 Å². The molecule has 100 valence electrons. The molecule has 0 bridgehead atoms. The maximum Gasteiger partial charge on any atom is 0.242 e. The highest BCUT2D eigenvalue weighted by Crippen LogP contribution is 2.68. The maximum absolute atomic E-state index is 5.92. The molecule has 0 atom stereocenters. The predicted octanol–water partition coefficient (Wildman–Crippen LogP) is 2.16. The van der Waals surface area contributed by atoms with E-state index in [1.165, 1.54) is 6.33 Å². The topological polar surface area (TPSA) is 73.1 Å². The van der Waals surface area contributed by atoms with Gasteiger partial charge in [-0.25, -0.2) is 4.98 Å². The third-order valence-corrected chi connectivity index (χ3v) is 4.83. The fourth-order valence-electron chi connectivity index (χ4n) is 2.73. The number of rotatable bonds is 4. The van der Waals surface area contributed by atoms with Gasteiger partial charge in [0.05, 0.1) is 7.11 Å². The van der Waals surface area contributed by atoms with Crippen molar-refractivity contribution in [1.29, 1.82) is 0 Å². The van der Waals surface area contributed by atoms with Gasteiger partial charge in [0.1, 0.15) is 12.0 Å². The fraction of sp³-hybridized carbons (Fsp3) is 0.692. The van der Waals surface area contributed by atoms with Gasteiger partial charge < -0.3 is 15.8 Å². The first-order chi connectivity index (χ1) is 8.32. The highest BCUT2D eigenvalue weighted by Gasteiger charge is 2.64. The number of nitrogens with one attached hydrogen (secondary N) is 1. The number of nitrogens with zero attached hydrogens (tertiary/aromatic N) is 2. The fourth-order valence-corrected chi connectivity index (χ4v) is 2.73. The summed E-state index contributed by atoms with van der Waals surface area (Å²) in [6.45, 7) is 10.0. The Kier molecular flexibility index (Phi) is 2.87. The largest absolute Gasteiger partial charge is 0.479 e. The van der Waals surface area contributed by atoms with Gasteiger partial charge in [-0.2, -0.15) is 4.98 Å². The molecular weight excluding hydrogens is 228 g/mol. The molecule has 1 aliphatic carbocycles. The van der Waals surface area contributed by atoms with Crippen LogP contribution in [0.2, 0.25) is 0 Å². The van der Waals surface area contributed by atoms with Crippen molar-refractivity contribution in [1.82, 2.24) is 9.97 Å². The first-order valence-electron chi connectivity index (χ1n) is 6.20. The van der Waals surface area contributed by atoms with Crippen LogP contribution in [-0.4, -0.2) is 23.6 Å². The van der Waals surface area contributed by atoms with Crippen LogP contribution in [0.15, 0.2) is 6.33 Å². The molecule has 0 unspecified atom stereocenters. The van der Waals surface area contributed by atoms with Crippen molar-refractivity contribution < 1.29 is 4.74 Å². The van der Waals surface area contributed by atoms with Crippen LogP contribution in [0.25, 0.3) is 0 Å². The van der Waals surface area contributed by atoms with Gasteiger partial charge in [0, 0.05) is 6.54 Å². The zero-order valence-corrected chi connectivity index (χ0v) is 11.7. The molecule has 0 radical (unpaired) electrons. The summed E-state index contributed by atoms with van der Waals surface area (Å²) in [7, 11) is 1.55. The molecule has 1 saturated carbocycles. The number of aromatic nitrogens is 2. The Bertz CT molecular complexity index is 442. The molecule has 0 aliphatic heterocycles. The molecule has 1 aromatic heterocycles. The van der Waals surface area contributed by atoms with E-state index < -0.39 is 0 Å². The number of ether oxygens (including phenoxy) is 1. The van der Waals surface area contributed by atoms with E-state index in [1.54, 1.807) is 7.11 Å². The van der Waals surface area contributed by atoms with E-state index in [1.807, 2.05) is 0 Å². The standard InChI is InChI=1S/C13H22N4O/c1-12(2)8(13(12,3)4)6-15-10-9(14)11(18-5)17-7-16-10/h7-8H,6,14H2,1-5H3,(H,15,16,17). The van der Waals surface area contributed by atoms with Crippen LogP contribution >= 0.6 is 0 Å². The van der Waals surface area contributed by atoms with Crippen molar-refractivity contribution in [3.63, 3.8) is 0 Å². The van der Waals surface area contributed by atoms with E-state index in [4.69, 9.17) is 10.5 Å². The third-order valence-electron chi connectivity index (χ3n) is 4.83. The van der Waals surface area contributed by atoms with E-state index in [9.17, 15) is 0 Å². The first-order valence-corrected chi connectivity index (χ1v) is 6.20. The van der Waals surface area contributed by atoms with Crippen molar-refractivity contribution in [2.75, 3.05) is 24.7 Å². The average Bonchev–Trinajstić information content (AvgIpc) is 2.69. The second-order valence-electron chi connectivity index (χ2n) is 6.02. The monoisotopic (exact) mass is 250 g/mol. The lowest BCUT2D eigenvalue weighted by molar-refractivity contribution is 0.399. The van der Waals surface area contributed by atoms with Crippen molar-refractivity contribution in [2.24, 2.45) is 16.7 Å². The minimum Gasteiger partial charge on any atom is -0.479 e. The maximum atomic E-state index is 5.92. The van der Waals surface area contributed by atoms with Crippen LogP contribution in [0.5, 0.6) is 5.88 Å². The van der Waals surface area contributed by atoms with Gasteiger partial charge in [0.2, 0.25) is 5.88 Å². The molecule has 0 aromatic carbocycles. The SMILES string of the molecule is COc1ncnc(NCC2C(C)(C)C2(C)C)c1N. The average molecular weight is 250 g/mol. The molecule has 1 aromatic rings. The summed E-state index contributed by atoms with van der Waals surface area (Å²) in [5, 5.41) is 3.30. The van der Waals surface area contributed by atoms with Crippen LogP contribution in [0.1, 0.15) is 27.7 Å². The quantitative estimate of drug-likeness (QED) is 0.856. The molecule has 1 fully saturated rings. The summed E-state index contributed by atoms with van der Waals surface area (Å²) in [6, 6.07) is 0. The molecule has 5 nitrogen and oxygen atoms in total. The van der Waals surface area contributed by atoms with Gasteiger partial charge in [-0.15, -0.1) is 0 Å². The van der Waals surface area contributed by atoms with E-state index in [0.29, 0.717) is 34.1 Å². The van der Waals surface area contributed by atoms with Gasteiger partial charge in [-0.05, 0) is 16.7 Å². The summed E-state index contributed by atoms with van der Waals surface area (Å²) >= 11 is 0. The number of anilines is 2. The molecule has 0 amide bonds. The molecule has 1 heterocycles. The van der Waals surface area contributed by atoms with E-state index in [-0.39, 0.29) is 0 Å². The van der Waals surface area contributed by atoms with Crippen LogP contribution in [0, 0.1) is 16.7 Å². The van der Waals surface area contributed by atoms with Crippen molar-refractivity contribution in [3.8, 4) is 5.88 Å². The zero-order valence-electron chi connectivity index (χ0n) is 11.7. The third kappa shape index (κ3) is 1.78. The second kappa shape index (κ2) is 4.00. The Morgan fingerprint density at radius 1 is 1.28 bits per heavy atom. The minimum absolute atomic E-state index is 0.353. The van der Waals surface area contributed by atoms with E-state index >= 15 is 0 Å². The normalized spacial score (nSPS) is 20.5. The van der Waals surface area contributed by atoms with Crippen LogP contribution < -0.4 is 15.8 Å². The number of methoxy groups -OCH3 is 1. The van der Waals surface area contributed by atoms with Gasteiger partial charge in [0.15, 0.2) is 5.82 Å². The Morgan fingerprint density at radius 3 is 2.39 bits per heavy atom. The Labute approximate surface area is 108 Å². The first kappa shape index (κ1) is 12.9.